The van der Waals surface area contributed by atoms with Gasteiger partial charge in [-0.05, 0) is 27.7 Å². The average molecular weight is 265 g/mol. The molecule has 6 nitrogen and oxygen atoms in total. The number of rotatable bonds is 4. The van der Waals surface area contributed by atoms with Gasteiger partial charge in [0, 0.05) is 5.56 Å². The number of oxazole rings is 1. The Morgan fingerprint density at radius 2 is 1.95 bits per heavy atom. The summed E-state index contributed by atoms with van der Waals surface area (Å²) in [6.45, 7) is 7.52. The summed E-state index contributed by atoms with van der Waals surface area (Å²) in [4.78, 5) is 15.1. The molecule has 102 valence electrons. The number of aryl methyl sites for hydroxylation is 2. The minimum absolute atomic E-state index is 0.0809. The highest BCUT2D eigenvalue weighted by molar-refractivity contribution is 5.88. The number of nitrogens with zero attached hydrogens (tertiary/aromatic N) is 1. The van der Waals surface area contributed by atoms with Crippen molar-refractivity contribution in [3.63, 3.8) is 0 Å². The fraction of sp³-hybridized carbons (Fsp3) is 0.385. The first kappa shape index (κ1) is 13.2. The van der Waals surface area contributed by atoms with Gasteiger partial charge >= 0.3 is 11.9 Å². The van der Waals surface area contributed by atoms with E-state index in [1.54, 1.807) is 13.8 Å². The molecule has 0 radical (unpaired) electrons. The van der Waals surface area contributed by atoms with Crippen molar-refractivity contribution < 1.29 is 23.5 Å². The molecule has 0 aliphatic heterocycles. The lowest BCUT2D eigenvalue weighted by Gasteiger charge is -1.97. The highest BCUT2D eigenvalue weighted by Crippen LogP contribution is 2.34. The van der Waals surface area contributed by atoms with E-state index in [1.165, 1.54) is 0 Å². The quantitative estimate of drug-likeness (QED) is 0.914. The fourth-order valence-electron chi connectivity index (χ4n) is 1.89. The van der Waals surface area contributed by atoms with Crippen molar-refractivity contribution in [3.05, 3.63) is 22.8 Å². The van der Waals surface area contributed by atoms with Crippen molar-refractivity contribution in [2.24, 2.45) is 0 Å². The van der Waals surface area contributed by atoms with Gasteiger partial charge in [-0.15, -0.1) is 0 Å². The van der Waals surface area contributed by atoms with E-state index in [9.17, 15) is 4.79 Å². The zero-order chi connectivity index (χ0) is 14.2. The van der Waals surface area contributed by atoms with Crippen molar-refractivity contribution in [1.82, 2.24) is 4.98 Å². The number of hydrogen-bond acceptors (Lipinski definition) is 5. The zero-order valence-corrected chi connectivity index (χ0v) is 11.2. The van der Waals surface area contributed by atoms with Crippen LogP contribution in [0.4, 0.5) is 0 Å². The van der Waals surface area contributed by atoms with Crippen molar-refractivity contribution in [1.29, 1.82) is 0 Å². The minimum atomic E-state index is -1.19. The second-order valence-electron chi connectivity index (χ2n) is 4.11. The molecule has 2 aromatic heterocycles. The van der Waals surface area contributed by atoms with Crippen LogP contribution in [0.25, 0.3) is 11.5 Å². The molecule has 2 heterocycles. The lowest BCUT2D eigenvalue weighted by atomic mass is 10.1. The minimum Gasteiger partial charge on any atom is -0.476 e. The molecule has 0 aliphatic rings. The summed E-state index contributed by atoms with van der Waals surface area (Å²) in [5.74, 6) is 0.320. The van der Waals surface area contributed by atoms with Gasteiger partial charge in [0.1, 0.15) is 11.5 Å². The first-order valence-corrected chi connectivity index (χ1v) is 5.89. The standard InChI is InChI=1S/C13H15NO5/c1-5-17-13-10(12(15)16)14-11(19-13)9-6(2)7(3)18-8(9)4/h5H2,1-4H3,(H,15,16). The third kappa shape index (κ3) is 2.21. The van der Waals surface area contributed by atoms with Crippen molar-refractivity contribution >= 4 is 5.97 Å². The maximum atomic E-state index is 11.1. The van der Waals surface area contributed by atoms with Gasteiger partial charge in [-0.25, -0.2) is 4.79 Å². The lowest BCUT2D eigenvalue weighted by Crippen LogP contribution is -2.01. The predicted octanol–water partition coefficient (Wildman–Crippen LogP) is 2.96. The zero-order valence-electron chi connectivity index (χ0n) is 11.2. The summed E-state index contributed by atoms with van der Waals surface area (Å²) in [6, 6.07) is 0. The van der Waals surface area contributed by atoms with E-state index in [1.807, 2.05) is 13.8 Å². The van der Waals surface area contributed by atoms with Crippen LogP contribution in [0.1, 0.15) is 34.5 Å². The number of carboxylic acids is 1. The van der Waals surface area contributed by atoms with Crippen LogP contribution in [-0.2, 0) is 0 Å². The summed E-state index contributed by atoms with van der Waals surface area (Å²) in [5, 5.41) is 9.07. The normalized spacial score (nSPS) is 10.7. The van der Waals surface area contributed by atoms with E-state index < -0.39 is 5.97 Å². The molecular formula is C13H15NO5. The fourth-order valence-corrected chi connectivity index (χ4v) is 1.89. The largest absolute Gasteiger partial charge is 0.476 e. The van der Waals surface area contributed by atoms with Crippen LogP contribution in [0.5, 0.6) is 5.95 Å². The molecule has 2 aromatic rings. The average Bonchev–Trinajstić information content (AvgIpc) is 2.83. The monoisotopic (exact) mass is 265 g/mol. The number of aromatic nitrogens is 1. The second kappa shape index (κ2) is 4.79. The van der Waals surface area contributed by atoms with Gasteiger partial charge in [0.05, 0.1) is 12.2 Å². The SMILES string of the molecule is CCOc1oc(-c2c(C)oc(C)c2C)nc1C(=O)O. The maximum Gasteiger partial charge on any atom is 0.362 e. The molecule has 0 saturated carbocycles. The molecule has 19 heavy (non-hydrogen) atoms. The molecule has 1 N–H and O–H groups in total. The van der Waals surface area contributed by atoms with Gasteiger partial charge in [0.15, 0.2) is 0 Å². The van der Waals surface area contributed by atoms with Crippen LogP contribution in [0, 0.1) is 20.8 Å². The Morgan fingerprint density at radius 3 is 2.42 bits per heavy atom. The van der Waals surface area contributed by atoms with Crippen LogP contribution in [0.3, 0.4) is 0 Å². The number of carbonyl (C=O) groups is 1. The first-order valence-electron chi connectivity index (χ1n) is 5.89. The van der Waals surface area contributed by atoms with Crippen molar-refractivity contribution in [2.75, 3.05) is 6.61 Å². The number of carboxylic acid groups (broad SMARTS) is 1. The van der Waals surface area contributed by atoms with Crippen molar-refractivity contribution in [3.8, 4) is 17.4 Å². The van der Waals surface area contributed by atoms with E-state index >= 15 is 0 Å². The van der Waals surface area contributed by atoms with Gasteiger partial charge < -0.3 is 18.7 Å². The van der Waals surface area contributed by atoms with Gasteiger partial charge in [-0.2, -0.15) is 4.98 Å². The van der Waals surface area contributed by atoms with Gasteiger partial charge in [0.2, 0.25) is 11.6 Å². The second-order valence-corrected chi connectivity index (χ2v) is 4.11. The first-order chi connectivity index (χ1) is 8.95. The molecule has 0 fully saturated rings. The molecule has 0 unspecified atom stereocenters. The Balaban J connectivity index is 2.57. The van der Waals surface area contributed by atoms with Crippen LogP contribution in [0.2, 0.25) is 0 Å². The van der Waals surface area contributed by atoms with Crippen LogP contribution in [0.15, 0.2) is 8.83 Å². The molecule has 0 spiro atoms. The van der Waals surface area contributed by atoms with Crippen molar-refractivity contribution in [2.45, 2.75) is 27.7 Å². The molecule has 0 atom stereocenters. The van der Waals surface area contributed by atoms with Crippen LogP contribution >= 0.6 is 0 Å². The van der Waals surface area contributed by atoms with Gasteiger partial charge in [-0.1, -0.05) is 0 Å². The molecular weight excluding hydrogens is 250 g/mol. The summed E-state index contributed by atoms with van der Waals surface area (Å²) < 4.78 is 16.0. The topological polar surface area (TPSA) is 85.7 Å². The third-order valence-corrected chi connectivity index (χ3v) is 2.85. The number of aromatic carboxylic acids is 1. The molecule has 6 heteroatoms. The van der Waals surface area contributed by atoms with E-state index in [2.05, 4.69) is 4.98 Å². The smallest absolute Gasteiger partial charge is 0.362 e. The Bertz CT molecular complexity index is 623. The maximum absolute atomic E-state index is 11.1. The lowest BCUT2D eigenvalue weighted by molar-refractivity contribution is 0.0683. The molecule has 0 bridgehead atoms. The Labute approximate surface area is 110 Å². The summed E-state index contributed by atoms with van der Waals surface area (Å²) >= 11 is 0. The van der Waals surface area contributed by atoms with E-state index in [4.69, 9.17) is 18.7 Å². The Kier molecular flexibility index (Phi) is 3.33. The molecule has 0 aromatic carbocycles. The molecule has 0 aliphatic carbocycles. The highest BCUT2D eigenvalue weighted by Gasteiger charge is 2.25. The van der Waals surface area contributed by atoms with Gasteiger partial charge in [0.25, 0.3) is 0 Å². The van der Waals surface area contributed by atoms with E-state index in [0.29, 0.717) is 17.9 Å². The Morgan fingerprint density at radius 1 is 1.26 bits per heavy atom. The van der Waals surface area contributed by atoms with E-state index in [-0.39, 0.29) is 17.5 Å². The van der Waals surface area contributed by atoms with Gasteiger partial charge in [-0.3, -0.25) is 0 Å². The molecule has 0 amide bonds. The van der Waals surface area contributed by atoms with Crippen LogP contribution < -0.4 is 4.74 Å². The van der Waals surface area contributed by atoms with Crippen LogP contribution in [-0.4, -0.2) is 22.7 Å². The van der Waals surface area contributed by atoms with E-state index in [0.717, 1.165) is 11.3 Å². The molecule has 0 saturated heterocycles. The summed E-state index contributed by atoms with van der Waals surface area (Å²) in [5.41, 5.74) is 1.32. The summed E-state index contributed by atoms with van der Waals surface area (Å²) in [6.07, 6.45) is 0. The predicted molar refractivity (Wildman–Crippen MR) is 66.5 cm³/mol. The Hall–Kier alpha value is -2.24. The molecule has 2 rings (SSSR count). The number of hydrogen-bond donors (Lipinski definition) is 1. The highest BCUT2D eigenvalue weighted by atomic mass is 16.6. The summed E-state index contributed by atoms with van der Waals surface area (Å²) in [7, 11) is 0. The number of furan rings is 1. The third-order valence-electron chi connectivity index (χ3n) is 2.85. The number of ether oxygens (including phenoxy) is 1.